The zero-order chi connectivity index (χ0) is 12.3. The van der Waals surface area contributed by atoms with Gasteiger partial charge in [0.15, 0.2) is 0 Å². The molecule has 0 aliphatic carbocycles. The minimum atomic E-state index is -0.601. The monoisotopic (exact) mass is 237 g/mol. The Morgan fingerprint density at radius 1 is 1.35 bits per heavy atom. The number of hydrogen-bond donors (Lipinski definition) is 2. The van der Waals surface area contributed by atoms with E-state index in [0.717, 1.165) is 0 Å². The summed E-state index contributed by atoms with van der Waals surface area (Å²) in [5.41, 5.74) is -0.00991. The van der Waals surface area contributed by atoms with E-state index in [1.54, 1.807) is 12.4 Å². The molecule has 0 fully saturated rings. The summed E-state index contributed by atoms with van der Waals surface area (Å²) >= 11 is 0. The smallest absolute Gasteiger partial charge is 0.131 e. The molecule has 1 unspecified atom stereocenters. The Kier molecular flexibility index (Phi) is 3.49. The van der Waals surface area contributed by atoms with Crippen LogP contribution in [0, 0.1) is 11.6 Å². The zero-order valence-corrected chi connectivity index (χ0v) is 9.37. The van der Waals surface area contributed by atoms with Crippen LogP contribution in [0.2, 0.25) is 0 Å². The van der Waals surface area contributed by atoms with E-state index < -0.39 is 17.7 Å². The van der Waals surface area contributed by atoms with Crippen molar-refractivity contribution in [2.75, 3.05) is 6.54 Å². The van der Waals surface area contributed by atoms with Crippen LogP contribution >= 0.6 is 0 Å². The van der Waals surface area contributed by atoms with Gasteiger partial charge in [-0.2, -0.15) is 0 Å². The highest BCUT2D eigenvalue weighted by atomic mass is 19.1. The van der Waals surface area contributed by atoms with Crippen LogP contribution in [-0.4, -0.2) is 16.5 Å². The molecule has 0 saturated carbocycles. The summed E-state index contributed by atoms with van der Waals surface area (Å²) in [5, 5.41) is 3.01. The summed E-state index contributed by atoms with van der Waals surface area (Å²) < 4.78 is 27.4. The number of nitrogens with zero attached hydrogens (tertiary/aromatic N) is 1. The summed E-state index contributed by atoms with van der Waals surface area (Å²) in [6, 6.07) is 3.23. The fourth-order valence-electron chi connectivity index (χ4n) is 1.76. The lowest BCUT2D eigenvalue weighted by Gasteiger charge is -2.17. The molecule has 5 heteroatoms. The molecule has 17 heavy (non-hydrogen) atoms. The van der Waals surface area contributed by atoms with Crippen LogP contribution < -0.4 is 5.32 Å². The lowest BCUT2D eigenvalue weighted by atomic mass is 10.0. The van der Waals surface area contributed by atoms with Crippen LogP contribution in [0.15, 0.2) is 30.6 Å². The van der Waals surface area contributed by atoms with E-state index in [1.165, 1.54) is 18.2 Å². The topological polar surface area (TPSA) is 40.7 Å². The van der Waals surface area contributed by atoms with Crippen molar-refractivity contribution in [3.8, 4) is 0 Å². The van der Waals surface area contributed by atoms with Gasteiger partial charge in [-0.25, -0.2) is 13.8 Å². The molecule has 2 N–H and O–H groups in total. The van der Waals surface area contributed by atoms with E-state index in [4.69, 9.17) is 0 Å². The van der Waals surface area contributed by atoms with Crippen LogP contribution in [0.1, 0.15) is 24.4 Å². The second kappa shape index (κ2) is 5.05. The molecule has 0 aliphatic rings. The molecule has 0 aliphatic heterocycles. The molecular weight excluding hydrogens is 224 g/mol. The quantitative estimate of drug-likeness (QED) is 0.857. The normalized spacial score (nSPS) is 12.6. The first-order chi connectivity index (χ1) is 8.24. The van der Waals surface area contributed by atoms with Gasteiger partial charge >= 0.3 is 0 Å². The first-order valence-electron chi connectivity index (χ1n) is 5.40. The van der Waals surface area contributed by atoms with Gasteiger partial charge in [0.05, 0.1) is 6.04 Å². The molecule has 0 radical (unpaired) electrons. The number of aromatic amines is 1. The van der Waals surface area contributed by atoms with Crippen LogP contribution in [0.3, 0.4) is 0 Å². The van der Waals surface area contributed by atoms with Crippen molar-refractivity contribution in [2.45, 2.75) is 13.0 Å². The standard InChI is InChI=1S/C12H13F2N3/c1-2-15-11(12-16-6-7-17-12)10-8(13)4-3-5-9(10)14/h3-7,11,15H,2H2,1H3,(H,16,17). The number of H-pyrrole nitrogens is 1. The van der Waals surface area contributed by atoms with Crippen molar-refractivity contribution >= 4 is 0 Å². The zero-order valence-electron chi connectivity index (χ0n) is 9.37. The maximum absolute atomic E-state index is 13.7. The summed E-state index contributed by atoms with van der Waals surface area (Å²) in [7, 11) is 0. The molecule has 3 nitrogen and oxygen atoms in total. The number of aromatic nitrogens is 2. The predicted octanol–water partition coefficient (Wildman–Crippen LogP) is 2.39. The van der Waals surface area contributed by atoms with Gasteiger partial charge in [-0.05, 0) is 18.7 Å². The Morgan fingerprint density at radius 2 is 2.06 bits per heavy atom. The van der Waals surface area contributed by atoms with Crippen LogP contribution in [0.5, 0.6) is 0 Å². The Morgan fingerprint density at radius 3 is 2.59 bits per heavy atom. The minimum Gasteiger partial charge on any atom is -0.347 e. The number of hydrogen-bond acceptors (Lipinski definition) is 2. The van der Waals surface area contributed by atoms with E-state index in [1.807, 2.05) is 6.92 Å². The van der Waals surface area contributed by atoms with Crippen molar-refractivity contribution in [2.24, 2.45) is 0 Å². The van der Waals surface area contributed by atoms with E-state index in [2.05, 4.69) is 15.3 Å². The molecular formula is C12H13F2N3. The fourth-order valence-corrected chi connectivity index (χ4v) is 1.76. The lowest BCUT2D eigenvalue weighted by molar-refractivity contribution is 0.501. The van der Waals surface area contributed by atoms with Gasteiger partial charge in [-0.3, -0.25) is 0 Å². The van der Waals surface area contributed by atoms with E-state index in [-0.39, 0.29) is 5.56 Å². The van der Waals surface area contributed by atoms with Crippen molar-refractivity contribution in [1.82, 2.24) is 15.3 Å². The Labute approximate surface area is 97.9 Å². The molecule has 1 aromatic carbocycles. The SMILES string of the molecule is CCNC(c1ncc[nH]1)c1c(F)cccc1F. The van der Waals surface area contributed by atoms with Crippen molar-refractivity contribution in [1.29, 1.82) is 0 Å². The number of benzene rings is 1. The van der Waals surface area contributed by atoms with E-state index >= 15 is 0 Å². The molecule has 2 aromatic rings. The summed E-state index contributed by atoms with van der Waals surface area (Å²) in [5.74, 6) is -0.657. The molecule has 0 bridgehead atoms. The number of rotatable bonds is 4. The first-order valence-corrected chi connectivity index (χ1v) is 5.40. The van der Waals surface area contributed by atoms with Crippen LogP contribution in [-0.2, 0) is 0 Å². The molecule has 0 amide bonds. The lowest BCUT2D eigenvalue weighted by Crippen LogP contribution is -2.25. The van der Waals surface area contributed by atoms with Gasteiger partial charge in [-0.15, -0.1) is 0 Å². The second-order valence-electron chi connectivity index (χ2n) is 3.60. The molecule has 0 spiro atoms. The van der Waals surface area contributed by atoms with Gasteiger partial charge in [0.2, 0.25) is 0 Å². The van der Waals surface area contributed by atoms with Gasteiger partial charge in [0, 0.05) is 18.0 Å². The van der Waals surface area contributed by atoms with Crippen LogP contribution in [0.25, 0.3) is 0 Å². The summed E-state index contributed by atoms with van der Waals surface area (Å²) in [4.78, 5) is 6.91. The molecule has 2 rings (SSSR count). The van der Waals surface area contributed by atoms with E-state index in [0.29, 0.717) is 12.4 Å². The highest BCUT2D eigenvalue weighted by Crippen LogP contribution is 2.24. The van der Waals surface area contributed by atoms with E-state index in [9.17, 15) is 8.78 Å². The van der Waals surface area contributed by atoms with Gasteiger partial charge < -0.3 is 10.3 Å². The Bertz CT molecular complexity index is 462. The summed E-state index contributed by atoms with van der Waals surface area (Å²) in [6.07, 6.45) is 3.18. The molecule has 1 atom stereocenters. The van der Waals surface area contributed by atoms with Crippen molar-refractivity contribution in [3.63, 3.8) is 0 Å². The minimum absolute atomic E-state index is 0.00991. The van der Waals surface area contributed by atoms with Crippen LogP contribution in [0.4, 0.5) is 8.78 Å². The third-order valence-electron chi connectivity index (χ3n) is 2.49. The molecule has 90 valence electrons. The number of nitrogens with one attached hydrogen (secondary N) is 2. The largest absolute Gasteiger partial charge is 0.347 e. The van der Waals surface area contributed by atoms with Crippen molar-refractivity contribution in [3.05, 3.63) is 53.6 Å². The van der Waals surface area contributed by atoms with Gasteiger partial charge in [0.1, 0.15) is 17.5 Å². The molecule has 1 aromatic heterocycles. The van der Waals surface area contributed by atoms with Gasteiger partial charge in [0.25, 0.3) is 0 Å². The van der Waals surface area contributed by atoms with Crippen molar-refractivity contribution < 1.29 is 8.78 Å². The number of imidazole rings is 1. The van der Waals surface area contributed by atoms with Gasteiger partial charge in [-0.1, -0.05) is 13.0 Å². The first kappa shape index (κ1) is 11.7. The highest BCUT2D eigenvalue weighted by Gasteiger charge is 2.22. The number of halogens is 2. The molecule has 1 heterocycles. The Hall–Kier alpha value is -1.75. The average molecular weight is 237 g/mol. The third-order valence-corrected chi connectivity index (χ3v) is 2.49. The summed E-state index contributed by atoms with van der Waals surface area (Å²) in [6.45, 7) is 2.45. The predicted molar refractivity (Wildman–Crippen MR) is 60.5 cm³/mol. The maximum Gasteiger partial charge on any atom is 0.131 e. The second-order valence-corrected chi connectivity index (χ2v) is 3.60. The average Bonchev–Trinajstić information content (AvgIpc) is 2.80. The third kappa shape index (κ3) is 2.34. The maximum atomic E-state index is 13.7. The molecule has 0 saturated heterocycles. The highest BCUT2D eigenvalue weighted by molar-refractivity contribution is 5.28. The Balaban J connectivity index is 2.46. The fraction of sp³-hybridized carbons (Fsp3) is 0.250.